The van der Waals surface area contributed by atoms with Gasteiger partial charge in [-0.05, 0) is 37.6 Å². The summed E-state index contributed by atoms with van der Waals surface area (Å²) in [7, 11) is 1.41. The Labute approximate surface area is 186 Å². The molecule has 1 aliphatic heterocycles. The van der Waals surface area contributed by atoms with Crippen LogP contribution >= 0.6 is 11.6 Å². The highest BCUT2D eigenvalue weighted by Crippen LogP contribution is 2.41. The predicted molar refractivity (Wildman–Crippen MR) is 110 cm³/mol. The molecule has 11 heteroatoms. The van der Waals surface area contributed by atoms with E-state index in [1.807, 2.05) is 0 Å². The van der Waals surface area contributed by atoms with Gasteiger partial charge >= 0.3 is 6.18 Å². The lowest BCUT2D eigenvalue weighted by Crippen LogP contribution is -2.60. The van der Waals surface area contributed by atoms with Gasteiger partial charge in [-0.25, -0.2) is 9.37 Å². The number of carbonyl (C=O) groups is 1. The van der Waals surface area contributed by atoms with Gasteiger partial charge in [0, 0.05) is 18.1 Å². The number of alkyl halides is 3. The molecule has 0 spiro atoms. The number of ether oxygens (including phenoxy) is 2. The molecule has 0 bridgehead atoms. The molecule has 3 rings (SSSR count). The van der Waals surface area contributed by atoms with Crippen LogP contribution in [-0.4, -0.2) is 42.1 Å². The summed E-state index contributed by atoms with van der Waals surface area (Å²) in [6.07, 6.45) is -4.95. The number of carbonyl (C=O) groups excluding carboxylic acids is 1. The summed E-state index contributed by atoms with van der Waals surface area (Å²) < 4.78 is 64.6. The molecule has 2 heterocycles. The predicted octanol–water partition coefficient (Wildman–Crippen LogP) is 4.23. The summed E-state index contributed by atoms with van der Waals surface area (Å²) in [6.45, 7) is 1.61. The lowest BCUT2D eigenvalue weighted by atomic mass is 9.88. The summed E-state index contributed by atoms with van der Waals surface area (Å²) in [5.74, 6) is -1.68. The summed E-state index contributed by atoms with van der Waals surface area (Å²) in [5, 5.41) is -0.0480. The number of aromatic nitrogens is 1. The number of ketones is 1. The fourth-order valence-corrected chi connectivity index (χ4v) is 3.50. The highest BCUT2D eigenvalue weighted by Gasteiger charge is 2.59. The first-order valence-electron chi connectivity index (χ1n) is 9.40. The van der Waals surface area contributed by atoms with Gasteiger partial charge in [-0.1, -0.05) is 17.7 Å². The van der Waals surface area contributed by atoms with Gasteiger partial charge in [0.05, 0.1) is 19.3 Å². The zero-order valence-electron chi connectivity index (χ0n) is 17.4. The third-order valence-corrected chi connectivity index (χ3v) is 5.64. The van der Waals surface area contributed by atoms with E-state index in [1.54, 1.807) is 0 Å². The first-order chi connectivity index (χ1) is 14.8. The van der Waals surface area contributed by atoms with E-state index >= 15 is 0 Å². The Morgan fingerprint density at radius 2 is 1.97 bits per heavy atom. The van der Waals surface area contributed by atoms with E-state index < -0.39 is 35.6 Å². The Morgan fingerprint density at radius 1 is 1.28 bits per heavy atom. The summed E-state index contributed by atoms with van der Waals surface area (Å²) in [6, 6.07) is 6.79. The Hall–Kier alpha value is -2.72. The average Bonchev–Trinajstić information content (AvgIpc) is 2.71. The number of rotatable bonds is 5. The SMILES string of the molecule is COc1ccc(C(=O)Cc2ccc(F)c([C@]3(C)CO[C@@](C)(C(F)(F)F)C(N)=N3)c2)c(Cl)n1. The lowest BCUT2D eigenvalue weighted by molar-refractivity contribution is -0.249. The fourth-order valence-electron chi connectivity index (χ4n) is 3.24. The molecule has 1 aliphatic rings. The second-order valence-corrected chi connectivity index (χ2v) is 8.05. The number of hydrogen-bond donors (Lipinski definition) is 1. The van der Waals surface area contributed by atoms with E-state index in [9.17, 15) is 22.4 Å². The molecule has 0 fully saturated rings. The van der Waals surface area contributed by atoms with Crippen molar-refractivity contribution in [1.82, 2.24) is 4.98 Å². The highest BCUT2D eigenvalue weighted by atomic mass is 35.5. The van der Waals surface area contributed by atoms with Crippen LogP contribution in [0.25, 0.3) is 0 Å². The van der Waals surface area contributed by atoms with E-state index in [0.29, 0.717) is 5.56 Å². The summed E-state index contributed by atoms with van der Waals surface area (Å²) >= 11 is 6.04. The number of nitrogens with zero attached hydrogens (tertiary/aromatic N) is 2. The van der Waals surface area contributed by atoms with Crippen molar-refractivity contribution in [2.24, 2.45) is 10.7 Å². The van der Waals surface area contributed by atoms with Crippen molar-refractivity contribution in [1.29, 1.82) is 0 Å². The zero-order valence-corrected chi connectivity index (χ0v) is 18.1. The van der Waals surface area contributed by atoms with E-state index in [0.717, 1.165) is 13.0 Å². The Bertz CT molecular complexity index is 1090. The molecule has 2 N–H and O–H groups in total. The molecule has 0 saturated heterocycles. The van der Waals surface area contributed by atoms with Gasteiger partial charge in [0.2, 0.25) is 11.5 Å². The number of pyridine rings is 1. The molecule has 0 aliphatic carbocycles. The second kappa shape index (κ2) is 8.32. The van der Waals surface area contributed by atoms with E-state index in [1.165, 1.54) is 38.3 Å². The molecule has 0 unspecified atom stereocenters. The molecule has 0 saturated carbocycles. The van der Waals surface area contributed by atoms with E-state index in [-0.39, 0.29) is 34.4 Å². The fraction of sp³-hybridized carbons (Fsp3) is 0.381. The second-order valence-electron chi connectivity index (χ2n) is 7.70. The van der Waals surface area contributed by atoms with Crippen molar-refractivity contribution in [2.45, 2.75) is 37.6 Å². The van der Waals surface area contributed by atoms with Gasteiger partial charge in [0.15, 0.2) is 5.78 Å². The van der Waals surface area contributed by atoms with Crippen LogP contribution in [0, 0.1) is 5.82 Å². The van der Waals surface area contributed by atoms with Crippen LogP contribution in [-0.2, 0) is 16.7 Å². The molecule has 6 nitrogen and oxygen atoms in total. The maximum Gasteiger partial charge on any atom is 0.424 e. The molecule has 172 valence electrons. The van der Waals surface area contributed by atoms with Gasteiger partial charge in [0.1, 0.15) is 22.3 Å². The number of Topliss-reactive ketones (excluding diaryl/α,β-unsaturated/α-hetero) is 1. The minimum absolute atomic E-state index is 0.0473. The maximum absolute atomic E-state index is 14.6. The lowest BCUT2D eigenvalue weighted by Gasteiger charge is -2.41. The first-order valence-corrected chi connectivity index (χ1v) is 9.77. The van der Waals surface area contributed by atoms with Crippen molar-refractivity contribution >= 4 is 23.2 Å². The molecule has 2 atom stereocenters. The smallest absolute Gasteiger partial charge is 0.424 e. The van der Waals surface area contributed by atoms with Crippen LogP contribution in [0.2, 0.25) is 5.15 Å². The summed E-state index contributed by atoms with van der Waals surface area (Å²) in [4.78, 5) is 20.6. The molecule has 0 amide bonds. The summed E-state index contributed by atoms with van der Waals surface area (Å²) in [5.41, 5.74) is 1.81. The molecule has 2 aromatic rings. The number of amidine groups is 1. The van der Waals surface area contributed by atoms with Gasteiger partial charge in [-0.2, -0.15) is 13.2 Å². The van der Waals surface area contributed by atoms with Crippen molar-refractivity contribution in [3.05, 3.63) is 58.0 Å². The van der Waals surface area contributed by atoms with Crippen LogP contribution in [0.3, 0.4) is 0 Å². The van der Waals surface area contributed by atoms with Crippen molar-refractivity contribution < 1.29 is 31.8 Å². The number of hydrogen-bond acceptors (Lipinski definition) is 6. The molecule has 1 aromatic heterocycles. The van der Waals surface area contributed by atoms with E-state index in [4.69, 9.17) is 26.8 Å². The van der Waals surface area contributed by atoms with Crippen LogP contribution in [0.1, 0.15) is 35.3 Å². The Kier molecular flexibility index (Phi) is 6.23. The molecule has 1 aromatic carbocycles. The van der Waals surface area contributed by atoms with Crippen LogP contribution in [0.4, 0.5) is 17.6 Å². The van der Waals surface area contributed by atoms with Crippen molar-refractivity contribution in [2.75, 3.05) is 13.7 Å². The van der Waals surface area contributed by atoms with Gasteiger partial charge in [-0.3, -0.25) is 9.79 Å². The van der Waals surface area contributed by atoms with E-state index in [2.05, 4.69) is 9.98 Å². The topological polar surface area (TPSA) is 86.8 Å². The van der Waals surface area contributed by atoms with Gasteiger partial charge in [-0.15, -0.1) is 0 Å². The number of aliphatic imine (C=N–C) groups is 1. The highest BCUT2D eigenvalue weighted by molar-refractivity contribution is 6.32. The number of methoxy groups -OCH3 is 1. The van der Waals surface area contributed by atoms with Crippen molar-refractivity contribution in [3.63, 3.8) is 0 Å². The largest absolute Gasteiger partial charge is 0.481 e. The van der Waals surface area contributed by atoms with Crippen LogP contribution in [0.5, 0.6) is 5.88 Å². The molecule has 0 radical (unpaired) electrons. The molecule has 32 heavy (non-hydrogen) atoms. The monoisotopic (exact) mass is 473 g/mol. The zero-order chi connectivity index (χ0) is 23.9. The third kappa shape index (κ3) is 4.29. The minimum Gasteiger partial charge on any atom is -0.481 e. The van der Waals surface area contributed by atoms with Crippen LogP contribution in [0.15, 0.2) is 35.3 Å². The maximum atomic E-state index is 14.6. The van der Waals surface area contributed by atoms with Crippen LogP contribution < -0.4 is 10.5 Å². The standard InChI is InChI=1S/C21H20ClF4N3O3/c1-19(10-32-20(2,18(27)29-19)21(24,25)26)13-8-11(4-6-14(13)23)9-15(30)12-5-7-16(31-3)28-17(12)22/h4-8H,9-10H2,1-3H3,(H2,27,29)/t19-,20+/m0/s1. The molecular weight excluding hydrogens is 454 g/mol. The quantitative estimate of drug-likeness (QED) is 0.399. The number of halogens is 5. The van der Waals surface area contributed by atoms with Crippen molar-refractivity contribution in [3.8, 4) is 5.88 Å². The Morgan fingerprint density at radius 3 is 2.53 bits per heavy atom. The Balaban J connectivity index is 1.92. The minimum atomic E-state index is -4.79. The number of benzene rings is 1. The first kappa shape index (κ1) is 23.9. The normalized spacial score (nSPS) is 23.6. The average molecular weight is 474 g/mol. The molecular formula is C21H20ClF4N3O3. The van der Waals surface area contributed by atoms with Gasteiger partial charge < -0.3 is 15.2 Å². The van der Waals surface area contributed by atoms with Gasteiger partial charge in [0.25, 0.3) is 0 Å². The number of nitrogens with two attached hydrogens (primary N) is 1. The third-order valence-electron chi connectivity index (χ3n) is 5.35.